The lowest BCUT2D eigenvalue weighted by atomic mass is 9.68. The number of carboxylic acids is 1. The maximum absolute atomic E-state index is 13.2. The fraction of sp³-hybridized carbons (Fsp3) is 0.458. The molecule has 1 aliphatic carbocycles. The van der Waals surface area contributed by atoms with Crippen LogP contribution in [0.3, 0.4) is 0 Å². The monoisotopic (exact) mass is 381 g/mol. The Kier molecular flexibility index (Phi) is 5.49. The van der Waals surface area contributed by atoms with Crippen molar-refractivity contribution in [2.24, 2.45) is 0 Å². The summed E-state index contributed by atoms with van der Waals surface area (Å²) in [5.74, 6) is -0.362. The van der Waals surface area contributed by atoms with Crippen molar-refractivity contribution in [3.05, 3.63) is 71.5 Å². The molecule has 148 valence electrons. The van der Waals surface area contributed by atoms with E-state index in [-0.39, 0.29) is 5.82 Å². The van der Waals surface area contributed by atoms with Gasteiger partial charge in [0.25, 0.3) is 0 Å². The molecule has 28 heavy (non-hydrogen) atoms. The van der Waals surface area contributed by atoms with Crippen LogP contribution in [0.2, 0.25) is 0 Å². The van der Waals surface area contributed by atoms with Gasteiger partial charge in [0.2, 0.25) is 0 Å². The lowest BCUT2D eigenvalue weighted by Gasteiger charge is -2.44. The number of hydrogen-bond acceptors (Lipinski definition) is 2. The van der Waals surface area contributed by atoms with Crippen molar-refractivity contribution in [2.75, 3.05) is 13.1 Å². The second-order valence-corrected chi connectivity index (χ2v) is 8.35. The molecule has 2 aromatic rings. The summed E-state index contributed by atoms with van der Waals surface area (Å²) in [7, 11) is 0. The van der Waals surface area contributed by atoms with Crippen LogP contribution in [0.1, 0.15) is 55.6 Å². The highest BCUT2D eigenvalue weighted by molar-refractivity contribution is 5.81. The normalized spacial score (nSPS) is 26.8. The molecule has 0 atom stereocenters. The molecule has 1 saturated heterocycles. The molecule has 4 rings (SSSR count). The molecule has 1 aliphatic heterocycles. The van der Waals surface area contributed by atoms with Gasteiger partial charge in [0.1, 0.15) is 5.82 Å². The van der Waals surface area contributed by atoms with Crippen LogP contribution in [0.25, 0.3) is 0 Å². The molecule has 0 bridgehead atoms. The van der Waals surface area contributed by atoms with Crippen LogP contribution in [-0.4, -0.2) is 35.1 Å². The van der Waals surface area contributed by atoms with Crippen molar-refractivity contribution < 1.29 is 14.3 Å². The van der Waals surface area contributed by atoms with Crippen LogP contribution in [0.5, 0.6) is 0 Å². The molecular weight excluding hydrogens is 353 g/mol. The van der Waals surface area contributed by atoms with Crippen LogP contribution in [-0.2, 0) is 10.2 Å². The Morgan fingerprint density at radius 3 is 2.11 bits per heavy atom. The Balaban J connectivity index is 1.37. The third-order valence-corrected chi connectivity index (χ3v) is 6.93. The second kappa shape index (κ2) is 8.04. The van der Waals surface area contributed by atoms with E-state index in [1.54, 1.807) is 12.1 Å². The molecule has 2 fully saturated rings. The largest absolute Gasteiger partial charge is 0.481 e. The number of nitrogens with zero attached hydrogens (tertiary/aromatic N) is 1. The number of likely N-dealkylation sites (tertiary alicyclic amines) is 1. The summed E-state index contributed by atoms with van der Waals surface area (Å²) in [5, 5.41) is 9.98. The first-order valence-electron chi connectivity index (χ1n) is 10.4. The van der Waals surface area contributed by atoms with Gasteiger partial charge in [-0.2, -0.15) is 0 Å². The Morgan fingerprint density at radius 2 is 1.54 bits per heavy atom. The van der Waals surface area contributed by atoms with Crippen molar-refractivity contribution in [1.29, 1.82) is 0 Å². The van der Waals surface area contributed by atoms with Crippen molar-refractivity contribution in [1.82, 2.24) is 4.90 Å². The standard InChI is InChI=1S/C24H28FNO2/c25-21-8-6-18(7-9-21)19-12-16-26(17-13-19)22-10-14-24(15-11-22,23(27)28)20-4-2-1-3-5-20/h1-9,19,22H,10-17H2,(H,27,28)/t22-,24+. The third kappa shape index (κ3) is 3.70. The number of carboxylic acid groups (broad SMARTS) is 1. The number of aliphatic carboxylic acids is 1. The number of rotatable bonds is 4. The van der Waals surface area contributed by atoms with Gasteiger partial charge in [-0.15, -0.1) is 0 Å². The number of halogens is 1. The molecule has 4 heteroatoms. The predicted molar refractivity (Wildman–Crippen MR) is 108 cm³/mol. The first kappa shape index (κ1) is 19.1. The third-order valence-electron chi connectivity index (χ3n) is 6.93. The summed E-state index contributed by atoms with van der Waals surface area (Å²) in [6.07, 6.45) is 5.45. The second-order valence-electron chi connectivity index (χ2n) is 8.35. The zero-order valence-electron chi connectivity index (χ0n) is 16.2. The van der Waals surface area contributed by atoms with E-state index in [2.05, 4.69) is 4.90 Å². The molecule has 2 aliphatic rings. The smallest absolute Gasteiger partial charge is 0.314 e. The van der Waals surface area contributed by atoms with Crippen LogP contribution in [0.4, 0.5) is 4.39 Å². The summed E-state index contributed by atoms with van der Waals surface area (Å²) in [5.41, 5.74) is 1.44. The molecular formula is C24H28FNO2. The highest BCUT2D eigenvalue weighted by atomic mass is 19.1. The van der Waals surface area contributed by atoms with Gasteiger partial charge in [-0.05, 0) is 80.8 Å². The topological polar surface area (TPSA) is 40.5 Å². The Labute approximate surface area is 166 Å². The molecule has 3 nitrogen and oxygen atoms in total. The van der Waals surface area contributed by atoms with Gasteiger partial charge in [0.15, 0.2) is 0 Å². The van der Waals surface area contributed by atoms with Crippen LogP contribution in [0.15, 0.2) is 54.6 Å². The summed E-state index contributed by atoms with van der Waals surface area (Å²) < 4.78 is 13.2. The lowest BCUT2D eigenvalue weighted by Crippen LogP contribution is -2.48. The van der Waals surface area contributed by atoms with Crippen molar-refractivity contribution in [2.45, 2.75) is 55.9 Å². The Bertz CT molecular complexity index is 789. The van der Waals surface area contributed by atoms with Gasteiger partial charge in [0, 0.05) is 6.04 Å². The lowest BCUT2D eigenvalue weighted by molar-refractivity contribution is -0.145. The van der Waals surface area contributed by atoms with Gasteiger partial charge in [-0.3, -0.25) is 4.79 Å². The van der Waals surface area contributed by atoms with Gasteiger partial charge >= 0.3 is 5.97 Å². The Morgan fingerprint density at radius 1 is 0.929 bits per heavy atom. The quantitative estimate of drug-likeness (QED) is 0.813. The van der Waals surface area contributed by atoms with Crippen molar-refractivity contribution in [3.8, 4) is 0 Å². The van der Waals surface area contributed by atoms with Crippen LogP contribution >= 0.6 is 0 Å². The molecule has 0 radical (unpaired) electrons. The number of carbonyl (C=O) groups is 1. The average molecular weight is 381 g/mol. The summed E-state index contributed by atoms with van der Waals surface area (Å²) in [6, 6.07) is 17.1. The maximum atomic E-state index is 13.2. The number of hydrogen-bond donors (Lipinski definition) is 1. The maximum Gasteiger partial charge on any atom is 0.314 e. The van der Waals surface area contributed by atoms with E-state index in [4.69, 9.17) is 0 Å². The molecule has 1 N–H and O–H groups in total. The number of benzene rings is 2. The summed E-state index contributed by atoms with van der Waals surface area (Å²) in [4.78, 5) is 14.7. The van der Waals surface area contributed by atoms with Crippen molar-refractivity contribution >= 4 is 5.97 Å². The Hall–Kier alpha value is -2.20. The van der Waals surface area contributed by atoms with Gasteiger partial charge in [-0.25, -0.2) is 4.39 Å². The summed E-state index contributed by atoms with van der Waals surface area (Å²) >= 11 is 0. The van der Waals surface area contributed by atoms with E-state index in [9.17, 15) is 14.3 Å². The minimum Gasteiger partial charge on any atom is -0.481 e. The fourth-order valence-electron chi connectivity index (χ4n) is 5.18. The van der Waals surface area contributed by atoms with E-state index in [0.717, 1.165) is 44.3 Å². The fourth-order valence-corrected chi connectivity index (χ4v) is 5.18. The molecule has 0 unspecified atom stereocenters. The van der Waals surface area contributed by atoms with Crippen LogP contribution < -0.4 is 0 Å². The zero-order chi connectivity index (χ0) is 19.6. The minimum absolute atomic E-state index is 0.177. The van der Waals surface area contributed by atoms with Gasteiger partial charge < -0.3 is 10.0 Å². The number of piperidine rings is 1. The minimum atomic E-state index is -0.732. The summed E-state index contributed by atoms with van der Waals surface area (Å²) in [6.45, 7) is 2.08. The van der Waals surface area contributed by atoms with Crippen molar-refractivity contribution in [3.63, 3.8) is 0 Å². The van der Waals surface area contributed by atoms with E-state index in [0.29, 0.717) is 24.8 Å². The predicted octanol–water partition coefficient (Wildman–Crippen LogP) is 4.97. The van der Waals surface area contributed by atoms with E-state index < -0.39 is 11.4 Å². The first-order valence-corrected chi connectivity index (χ1v) is 10.4. The molecule has 0 aromatic heterocycles. The van der Waals surface area contributed by atoms with Crippen LogP contribution in [0, 0.1) is 5.82 Å². The van der Waals surface area contributed by atoms with E-state index in [1.807, 2.05) is 42.5 Å². The molecule has 0 amide bonds. The molecule has 0 spiro atoms. The van der Waals surface area contributed by atoms with Gasteiger partial charge in [0.05, 0.1) is 5.41 Å². The first-order chi connectivity index (χ1) is 13.6. The molecule has 2 aromatic carbocycles. The molecule has 1 heterocycles. The highest BCUT2D eigenvalue weighted by Gasteiger charge is 2.44. The van der Waals surface area contributed by atoms with Gasteiger partial charge in [-0.1, -0.05) is 42.5 Å². The van der Waals surface area contributed by atoms with E-state index in [1.165, 1.54) is 5.56 Å². The molecule has 1 saturated carbocycles. The SMILES string of the molecule is O=C(O)[C@]1(c2ccccc2)CC[C@H](N2CCC(c3ccc(F)cc3)CC2)CC1. The zero-order valence-corrected chi connectivity index (χ0v) is 16.2. The van der Waals surface area contributed by atoms with E-state index >= 15 is 0 Å². The average Bonchev–Trinajstić information content (AvgIpc) is 2.75. The highest BCUT2D eigenvalue weighted by Crippen LogP contribution is 2.42.